The Morgan fingerprint density at radius 2 is 0.833 bits per heavy atom. The van der Waals surface area contributed by atoms with Gasteiger partial charge in [0.25, 0.3) is 0 Å². The molecule has 18 heavy (non-hydrogen) atoms. The van der Waals surface area contributed by atoms with Gasteiger partial charge in [0.15, 0.2) is 0 Å². The van der Waals surface area contributed by atoms with Crippen molar-refractivity contribution >= 4 is 23.2 Å². The van der Waals surface area contributed by atoms with Crippen molar-refractivity contribution in [3.05, 3.63) is 0 Å². The van der Waals surface area contributed by atoms with Crippen LogP contribution in [0.2, 0.25) is 0 Å². The molecule has 7 aliphatic carbocycles. The zero-order valence-electron chi connectivity index (χ0n) is 10.3. The molecule has 0 aromatic heterocycles. The van der Waals surface area contributed by atoms with Crippen LogP contribution in [0.3, 0.4) is 0 Å². The lowest BCUT2D eigenvalue weighted by Crippen LogP contribution is -2.47. The van der Waals surface area contributed by atoms with E-state index in [2.05, 4.69) is 0 Å². The average molecular weight is 281 g/mol. The fourth-order valence-electron chi connectivity index (χ4n) is 9.60. The Hall–Kier alpha value is 0.580. The number of fused-ring (bicyclic) bond motifs is 3. The number of halogens is 2. The second kappa shape index (κ2) is 2.43. The summed E-state index contributed by atoms with van der Waals surface area (Å²) >= 11 is 13.9. The summed E-state index contributed by atoms with van der Waals surface area (Å²) < 4.78 is 0. The highest BCUT2D eigenvalue weighted by Crippen LogP contribution is 2.88. The first-order chi connectivity index (χ1) is 8.80. The molecular formula is C16H18Cl2. The van der Waals surface area contributed by atoms with Gasteiger partial charge in [-0.3, -0.25) is 0 Å². The first-order valence-corrected chi connectivity index (χ1v) is 8.96. The van der Waals surface area contributed by atoms with Crippen LogP contribution in [-0.4, -0.2) is 10.8 Å². The summed E-state index contributed by atoms with van der Waals surface area (Å²) in [7, 11) is 0. The van der Waals surface area contributed by atoms with Crippen molar-refractivity contribution in [2.45, 2.75) is 23.6 Å². The second-order valence-electron chi connectivity index (χ2n) is 8.57. The van der Waals surface area contributed by atoms with Crippen LogP contribution < -0.4 is 0 Å². The van der Waals surface area contributed by atoms with Crippen molar-refractivity contribution in [1.82, 2.24) is 0 Å². The summed E-state index contributed by atoms with van der Waals surface area (Å²) in [4.78, 5) is 0. The normalized spacial score (nSPS) is 87.0. The highest BCUT2D eigenvalue weighted by Gasteiger charge is 2.86. The highest BCUT2D eigenvalue weighted by atomic mass is 35.5. The first-order valence-electron chi connectivity index (χ1n) is 8.09. The molecule has 0 aromatic carbocycles. The SMILES string of the molecule is Cl[C@@H]1[C@@H]2[C@H]3[C@H](Cl)[C@H]4[C@H]5C6C7[C@H]4CC[C@@H]7[C@H]1[C@@H]6[C@@H]2[C@@H]53. The molecule has 0 spiro atoms. The molecule has 7 aliphatic rings. The van der Waals surface area contributed by atoms with Crippen LogP contribution in [0.1, 0.15) is 12.8 Å². The van der Waals surface area contributed by atoms with Gasteiger partial charge in [-0.15, -0.1) is 23.2 Å². The third kappa shape index (κ3) is 0.605. The van der Waals surface area contributed by atoms with Crippen molar-refractivity contribution in [1.29, 1.82) is 0 Å². The zero-order valence-corrected chi connectivity index (χ0v) is 11.8. The van der Waals surface area contributed by atoms with Crippen molar-refractivity contribution in [2.75, 3.05) is 0 Å². The Labute approximate surface area is 118 Å². The summed E-state index contributed by atoms with van der Waals surface area (Å²) in [6.45, 7) is 0. The molecule has 14 atom stereocenters. The number of rotatable bonds is 0. The Morgan fingerprint density at radius 1 is 0.444 bits per heavy atom. The summed E-state index contributed by atoms with van der Waals surface area (Å²) in [5.74, 6) is 11.9. The van der Waals surface area contributed by atoms with Crippen molar-refractivity contribution in [3.63, 3.8) is 0 Å². The zero-order chi connectivity index (χ0) is 11.5. The highest BCUT2D eigenvalue weighted by molar-refractivity contribution is 6.23. The third-order valence-electron chi connectivity index (χ3n) is 9.17. The van der Waals surface area contributed by atoms with Crippen LogP contribution in [0, 0.1) is 71.0 Å². The largest absolute Gasteiger partial charge is 0.122 e. The van der Waals surface area contributed by atoms with E-state index >= 15 is 0 Å². The smallest absolute Gasteiger partial charge is 0.0404 e. The molecule has 96 valence electrons. The van der Waals surface area contributed by atoms with Crippen molar-refractivity contribution in [2.24, 2.45) is 71.0 Å². The van der Waals surface area contributed by atoms with Crippen LogP contribution in [0.25, 0.3) is 0 Å². The van der Waals surface area contributed by atoms with Crippen molar-refractivity contribution < 1.29 is 0 Å². The van der Waals surface area contributed by atoms with E-state index in [9.17, 15) is 0 Å². The van der Waals surface area contributed by atoms with Gasteiger partial charge in [-0.1, -0.05) is 0 Å². The molecule has 0 bridgehead atoms. The number of hydrogen-bond acceptors (Lipinski definition) is 0. The lowest BCUT2D eigenvalue weighted by Gasteiger charge is -2.47. The molecule has 0 aromatic rings. The summed E-state index contributed by atoms with van der Waals surface area (Å²) in [6, 6.07) is 0. The van der Waals surface area contributed by atoms with E-state index in [1.807, 2.05) is 0 Å². The standard InChI is InChI=1S/C16H18Cl2/c17-15-6-3-1-2-4-5(3)8-9(6)11-12-10(8)7(4)16(18)14(12)13(11)15/h3-16H,1-2H2/t3-,4+,5?,6-,7+,8?,9-,10-,11+,12+,13-,14-,15-,16+/m0/s1. The second-order valence-corrected chi connectivity index (χ2v) is 9.58. The summed E-state index contributed by atoms with van der Waals surface area (Å²) in [5, 5.41) is 1.02. The maximum absolute atomic E-state index is 6.97. The molecule has 2 heteroatoms. The number of alkyl halides is 2. The maximum Gasteiger partial charge on any atom is 0.0404 e. The topological polar surface area (TPSA) is 0 Å². The van der Waals surface area contributed by atoms with Crippen LogP contribution in [0.4, 0.5) is 0 Å². The molecule has 0 nitrogen and oxygen atoms in total. The Morgan fingerprint density at radius 3 is 1.33 bits per heavy atom. The lowest BCUT2D eigenvalue weighted by molar-refractivity contribution is 0.0287. The Balaban J connectivity index is 1.58. The fourth-order valence-corrected chi connectivity index (χ4v) is 11.0. The van der Waals surface area contributed by atoms with Gasteiger partial charge < -0.3 is 0 Å². The molecule has 0 amide bonds. The van der Waals surface area contributed by atoms with Crippen LogP contribution in [0.15, 0.2) is 0 Å². The molecule has 0 aliphatic heterocycles. The summed E-state index contributed by atoms with van der Waals surface area (Å²) in [5.41, 5.74) is 0. The lowest BCUT2D eigenvalue weighted by atomic mass is 9.60. The molecule has 0 saturated heterocycles. The van der Waals surface area contributed by atoms with Gasteiger partial charge >= 0.3 is 0 Å². The molecule has 0 N–H and O–H groups in total. The monoisotopic (exact) mass is 280 g/mol. The minimum Gasteiger partial charge on any atom is -0.122 e. The van der Waals surface area contributed by atoms with Crippen LogP contribution in [-0.2, 0) is 0 Å². The van der Waals surface area contributed by atoms with Crippen molar-refractivity contribution in [3.8, 4) is 0 Å². The first kappa shape index (κ1) is 9.50. The minimum atomic E-state index is 0.511. The van der Waals surface area contributed by atoms with Crippen LogP contribution in [0.5, 0.6) is 0 Å². The minimum absolute atomic E-state index is 0.511. The molecular weight excluding hydrogens is 263 g/mol. The molecule has 7 fully saturated rings. The molecule has 2 unspecified atom stereocenters. The number of hydrogen-bond donors (Lipinski definition) is 0. The third-order valence-corrected chi connectivity index (χ3v) is 10.3. The Kier molecular flexibility index (Phi) is 1.28. The van der Waals surface area contributed by atoms with Gasteiger partial charge in [-0.05, 0) is 83.9 Å². The van der Waals surface area contributed by atoms with Gasteiger partial charge in [0, 0.05) is 10.8 Å². The van der Waals surface area contributed by atoms with Gasteiger partial charge in [-0.2, -0.15) is 0 Å². The van der Waals surface area contributed by atoms with E-state index in [-0.39, 0.29) is 0 Å². The van der Waals surface area contributed by atoms with E-state index in [0.29, 0.717) is 10.8 Å². The molecule has 0 heterocycles. The average Bonchev–Trinajstić information content (AvgIpc) is 2.98. The molecule has 7 rings (SSSR count). The van der Waals surface area contributed by atoms with E-state index in [1.165, 1.54) is 12.8 Å². The quantitative estimate of drug-likeness (QED) is 0.596. The van der Waals surface area contributed by atoms with Crippen LogP contribution >= 0.6 is 23.2 Å². The van der Waals surface area contributed by atoms with E-state index < -0.39 is 0 Å². The van der Waals surface area contributed by atoms with Gasteiger partial charge in [0.2, 0.25) is 0 Å². The Bertz CT molecular complexity index is 431. The van der Waals surface area contributed by atoms with E-state index in [0.717, 1.165) is 71.0 Å². The fraction of sp³-hybridized carbons (Fsp3) is 1.00. The van der Waals surface area contributed by atoms with Gasteiger partial charge in [0.05, 0.1) is 0 Å². The van der Waals surface area contributed by atoms with E-state index in [4.69, 9.17) is 23.2 Å². The predicted octanol–water partition coefficient (Wildman–Crippen LogP) is 3.47. The summed E-state index contributed by atoms with van der Waals surface area (Å²) in [6.07, 6.45) is 3.00. The van der Waals surface area contributed by atoms with E-state index in [1.54, 1.807) is 0 Å². The van der Waals surface area contributed by atoms with Gasteiger partial charge in [-0.25, -0.2) is 0 Å². The maximum atomic E-state index is 6.97. The van der Waals surface area contributed by atoms with Gasteiger partial charge in [0.1, 0.15) is 0 Å². The molecule has 0 radical (unpaired) electrons. The predicted molar refractivity (Wildman–Crippen MR) is 70.4 cm³/mol. The molecule has 7 saturated carbocycles.